The van der Waals surface area contributed by atoms with Crippen molar-refractivity contribution in [1.29, 1.82) is 0 Å². The molecule has 0 radical (unpaired) electrons. The van der Waals surface area contributed by atoms with Crippen LogP contribution in [0, 0.1) is 0 Å². The lowest BCUT2D eigenvalue weighted by atomic mass is 10.1. The Bertz CT molecular complexity index is 331. The summed E-state index contributed by atoms with van der Waals surface area (Å²) in [6.45, 7) is 1.18. The molecule has 0 unspecified atom stereocenters. The van der Waals surface area contributed by atoms with Crippen molar-refractivity contribution in [3.63, 3.8) is 0 Å². The standard InChI is InChI=1S/C11H14O4/c1-13-10-3-2-8(6-9(10)7-12)11-14-4-5-15-11/h2-3,6,11-12H,4-5,7H2,1H3. The van der Waals surface area contributed by atoms with Crippen molar-refractivity contribution < 1.29 is 19.3 Å². The molecule has 0 bridgehead atoms. The first-order valence-corrected chi connectivity index (χ1v) is 4.86. The van der Waals surface area contributed by atoms with Gasteiger partial charge in [0.2, 0.25) is 0 Å². The molecule has 1 aromatic rings. The summed E-state index contributed by atoms with van der Waals surface area (Å²) in [5.41, 5.74) is 1.66. The molecule has 1 saturated heterocycles. The largest absolute Gasteiger partial charge is 0.496 e. The van der Waals surface area contributed by atoms with Crippen molar-refractivity contribution in [3.05, 3.63) is 29.3 Å². The minimum Gasteiger partial charge on any atom is -0.496 e. The Labute approximate surface area is 88.4 Å². The molecule has 1 fully saturated rings. The zero-order chi connectivity index (χ0) is 10.7. The summed E-state index contributed by atoms with van der Waals surface area (Å²) in [5, 5.41) is 9.16. The number of aliphatic hydroxyl groups excluding tert-OH is 1. The van der Waals surface area contributed by atoms with Gasteiger partial charge in [0.25, 0.3) is 0 Å². The van der Waals surface area contributed by atoms with Crippen molar-refractivity contribution in [3.8, 4) is 5.75 Å². The van der Waals surface area contributed by atoms with E-state index in [0.717, 1.165) is 11.1 Å². The molecule has 0 spiro atoms. The highest BCUT2D eigenvalue weighted by molar-refractivity contribution is 5.37. The summed E-state index contributed by atoms with van der Waals surface area (Å²) in [5.74, 6) is 0.680. The van der Waals surface area contributed by atoms with Crippen molar-refractivity contribution in [2.75, 3.05) is 20.3 Å². The molecule has 82 valence electrons. The molecule has 1 N–H and O–H groups in total. The summed E-state index contributed by atoms with van der Waals surface area (Å²) in [6.07, 6.45) is -0.304. The minimum atomic E-state index is -0.304. The smallest absolute Gasteiger partial charge is 0.184 e. The van der Waals surface area contributed by atoms with E-state index in [-0.39, 0.29) is 12.9 Å². The van der Waals surface area contributed by atoms with Gasteiger partial charge in [-0.25, -0.2) is 0 Å². The number of aliphatic hydroxyl groups is 1. The predicted octanol–water partition coefficient (Wildman–Crippen LogP) is 1.23. The number of hydrogen-bond donors (Lipinski definition) is 1. The van der Waals surface area contributed by atoms with Gasteiger partial charge in [-0.05, 0) is 12.1 Å². The van der Waals surface area contributed by atoms with E-state index in [1.54, 1.807) is 7.11 Å². The van der Waals surface area contributed by atoms with Crippen LogP contribution in [0.1, 0.15) is 17.4 Å². The molecular formula is C11H14O4. The zero-order valence-electron chi connectivity index (χ0n) is 8.60. The third kappa shape index (κ3) is 2.12. The Morgan fingerprint density at radius 2 is 2.13 bits per heavy atom. The molecule has 0 saturated carbocycles. The third-order valence-electron chi connectivity index (χ3n) is 2.37. The first-order chi connectivity index (χ1) is 7.35. The molecule has 1 aliphatic heterocycles. The fraction of sp³-hybridized carbons (Fsp3) is 0.455. The molecular weight excluding hydrogens is 196 g/mol. The van der Waals surface area contributed by atoms with Gasteiger partial charge in [-0.1, -0.05) is 6.07 Å². The molecule has 2 rings (SSSR count). The van der Waals surface area contributed by atoms with E-state index in [1.165, 1.54) is 0 Å². The monoisotopic (exact) mass is 210 g/mol. The van der Waals surface area contributed by atoms with Gasteiger partial charge in [-0.3, -0.25) is 0 Å². The average molecular weight is 210 g/mol. The minimum absolute atomic E-state index is 0.0519. The third-order valence-corrected chi connectivity index (χ3v) is 2.37. The van der Waals surface area contributed by atoms with Crippen LogP contribution in [-0.4, -0.2) is 25.4 Å². The topological polar surface area (TPSA) is 47.9 Å². The van der Waals surface area contributed by atoms with Gasteiger partial charge in [0.1, 0.15) is 5.75 Å². The van der Waals surface area contributed by atoms with Gasteiger partial charge in [0.15, 0.2) is 6.29 Å². The van der Waals surface area contributed by atoms with Crippen LogP contribution in [-0.2, 0) is 16.1 Å². The second kappa shape index (κ2) is 4.61. The van der Waals surface area contributed by atoms with E-state index in [0.29, 0.717) is 19.0 Å². The highest BCUT2D eigenvalue weighted by Gasteiger charge is 2.19. The molecule has 1 aromatic carbocycles. The molecule has 4 heteroatoms. The number of benzene rings is 1. The molecule has 0 aromatic heterocycles. The quantitative estimate of drug-likeness (QED) is 0.815. The van der Waals surface area contributed by atoms with Crippen molar-refractivity contribution in [1.82, 2.24) is 0 Å². The number of ether oxygens (including phenoxy) is 3. The van der Waals surface area contributed by atoms with Crippen molar-refractivity contribution in [2.45, 2.75) is 12.9 Å². The molecule has 0 aliphatic carbocycles. The van der Waals surface area contributed by atoms with Gasteiger partial charge < -0.3 is 19.3 Å². The van der Waals surface area contributed by atoms with Crippen LogP contribution in [0.25, 0.3) is 0 Å². The number of rotatable bonds is 3. The van der Waals surface area contributed by atoms with Gasteiger partial charge >= 0.3 is 0 Å². The number of methoxy groups -OCH3 is 1. The average Bonchev–Trinajstić information content (AvgIpc) is 2.81. The van der Waals surface area contributed by atoms with E-state index in [9.17, 15) is 0 Å². The summed E-state index contributed by atoms with van der Waals surface area (Å²) >= 11 is 0. The maximum atomic E-state index is 9.16. The SMILES string of the molecule is COc1ccc(C2OCCO2)cc1CO. The van der Waals surface area contributed by atoms with Crippen molar-refractivity contribution >= 4 is 0 Å². The highest BCUT2D eigenvalue weighted by Crippen LogP contribution is 2.28. The van der Waals surface area contributed by atoms with Crippen molar-refractivity contribution in [2.24, 2.45) is 0 Å². The Kier molecular flexibility index (Phi) is 3.20. The fourth-order valence-electron chi connectivity index (χ4n) is 1.62. The first kappa shape index (κ1) is 10.4. The molecule has 4 nitrogen and oxygen atoms in total. The molecule has 0 amide bonds. The lowest BCUT2D eigenvalue weighted by Crippen LogP contribution is -2.00. The maximum absolute atomic E-state index is 9.16. The van der Waals surface area contributed by atoms with E-state index >= 15 is 0 Å². The summed E-state index contributed by atoms with van der Waals surface area (Å²) < 4.78 is 15.8. The van der Waals surface area contributed by atoms with Gasteiger partial charge in [-0.15, -0.1) is 0 Å². The second-order valence-corrected chi connectivity index (χ2v) is 3.30. The van der Waals surface area contributed by atoms with E-state index < -0.39 is 0 Å². The lowest BCUT2D eigenvalue weighted by molar-refractivity contribution is -0.0442. The Hall–Kier alpha value is -1.10. The van der Waals surface area contributed by atoms with E-state index in [4.69, 9.17) is 19.3 Å². The normalized spacial score (nSPS) is 16.9. The highest BCUT2D eigenvalue weighted by atomic mass is 16.7. The molecule has 1 heterocycles. The second-order valence-electron chi connectivity index (χ2n) is 3.30. The van der Waals surface area contributed by atoms with Crippen LogP contribution < -0.4 is 4.74 Å². The van der Waals surface area contributed by atoms with Crippen LogP contribution >= 0.6 is 0 Å². The van der Waals surface area contributed by atoms with Gasteiger partial charge in [-0.2, -0.15) is 0 Å². The van der Waals surface area contributed by atoms with Crippen LogP contribution in [0.4, 0.5) is 0 Å². The fourth-order valence-corrected chi connectivity index (χ4v) is 1.62. The maximum Gasteiger partial charge on any atom is 0.184 e. The summed E-state index contributed by atoms with van der Waals surface area (Å²) in [4.78, 5) is 0. The first-order valence-electron chi connectivity index (χ1n) is 4.86. The van der Waals surface area contributed by atoms with E-state index in [1.807, 2.05) is 18.2 Å². The van der Waals surface area contributed by atoms with Crippen LogP contribution in [0.5, 0.6) is 5.75 Å². The van der Waals surface area contributed by atoms with Crippen LogP contribution in [0.2, 0.25) is 0 Å². The summed E-state index contributed by atoms with van der Waals surface area (Å²) in [6, 6.07) is 5.54. The Morgan fingerprint density at radius 3 is 2.73 bits per heavy atom. The van der Waals surface area contributed by atoms with E-state index in [2.05, 4.69) is 0 Å². The molecule has 15 heavy (non-hydrogen) atoms. The predicted molar refractivity (Wildman–Crippen MR) is 53.6 cm³/mol. The van der Waals surface area contributed by atoms with Gasteiger partial charge in [0, 0.05) is 11.1 Å². The molecule has 0 atom stereocenters. The zero-order valence-corrected chi connectivity index (χ0v) is 8.60. The summed E-state index contributed by atoms with van der Waals surface area (Å²) in [7, 11) is 1.58. The molecule has 1 aliphatic rings. The van der Waals surface area contributed by atoms with Crippen LogP contribution in [0.3, 0.4) is 0 Å². The Morgan fingerprint density at radius 1 is 1.40 bits per heavy atom. The lowest BCUT2D eigenvalue weighted by Gasteiger charge is -2.12. The van der Waals surface area contributed by atoms with Gasteiger partial charge in [0.05, 0.1) is 26.9 Å². The Balaban J connectivity index is 2.25. The van der Waals surface area contributed by atoms with Crippen LogP contribution in [0.15, 0.2) is 18.2 Å². The number of hydrogen-bond acceptors (Lipinski definition) is 4.